The SMILES string of the molecule is CCC(CCO)NS(=O)(=O)c1c[nH]c2ncccc12. The van der Waals surface area contributed by atoms with E-state index in [0.29, 0.717) is 23.9 Å². The van der Waals surface area contributed by atoms with Crippen molar-refractivity contribution >= 4 is 21.1 Å². The number of aromatic nitrogens is 2. The molecular formula is C12H17N3O3S. The van der Waals surface area contributed by atoms with E-state index in [2.05, 4.69) is 14.7 Å². The molecule has 0 aromatic carbocycles. The van der Waals surface area contributed by atoms with E-state index < -0.39 is 10.0 Å². The maximum Gasteiger partial charge on any atom is 0.243 e. The lowest BCUT2D eigenvalue weighted by Gasteiger charge is -2.15. The lowest BCUT2D eigenvalue weighted by Crippen LogP contribution is -2.34. The minimum Gasteiger partial charge on any atom is -0.396 e. The zero-order chi connectivity index (χ0) is 13.9. The third-order valence-corrected chi connectivity index (χ3v) is 4.56. The van der Waals surface area contributed by atoms with Crippen LogP contribution in [-0.2, 0) is 10.0 Å². The Labute approximate surface area is 111 Å². The second kappa shape index (κ2) is 5.68. The van der Waals surface area contributed by atoms with Crippen LogP contribution in [0.15, 0.2) is 29.4 Å². The van der Waals surface area contributed by atoms with Gasteiger partial charge in [-0.3, -0.25) is 0 Å². The van der Waals surface area contributed by atoms with Gasteiger partial charge in [-0.15, -0.1) is 0 Å². The number of H-pyrrole nitrogens is 1. The molecular weight excluding hydrogens is 266 g/mol. The Morgan fingerprint density at radius 1 is 1.53 bits per heavy atom. The van der Waals surface area contributed by atoms with Crippen LogP contribution in [0.2, 0.25) is 0 Å². The molecule has 1 unspecified atom stereocenters. The molecule has 0 fully saturated rings. The first-order valence-electron chi connectivity index (χ1n) is 6.13. The van der Waals surface area contributed by atoms with Gasteiger partial charge in [-0.1, -0.05) is 6.92 Å². The van der Waals surface area contributed by atoms with Crippen LogP contribution in [0.4, 0.5) is 0 Å². The van der Waals surface area contributed by atoms with Gasteiger partial charge < -0.3 is 10.1 Å². The summed E-state index contributed by atoms with van der Waals surface area (Å²) in [7, 11) is -3.61. The van der Waals surface area contributed by atoms with Crippen molar-refractivity contribution in [3.8, 4) is 0 Å². The molecule has 2 aromatic rings. The second-order valence-corrected chi connectivity index (χ2v) is 5.97. The number of nitrogens with one attached hydrogen (secondary N) is 2. The number of aromatic amines is 1. The van der Waals surface area contributed by atoms with E-state index in [1.807, 2.05) is 6.92 Å². The van der Waals surface area contributed by atoms with Crippen molar-refractivity contribution in [2.24, 2.45) is 0 Å². The van der Waals surface area contributed by atoms with Crippen LogP contribution >= 0.6 is 0 Å². The highest BCUT2D eigenvalue weighted by Crippen LogP contribution is 2.21. The van der Waals surface area contributed by atoms with E-state index in [9.17, 15) is 8.42 Å². The Kier molecular flexibility index (Phi) is 4.18. The van der Waals surface area contributed by atoms with Crippen molar-refractivity contribution in [3.05, 3.63) is 24.5 Å². The monoisotopic (exact) mass is 283 g/mol. The Hall–Kier alpha value is -1.44. The Morgan fingerprint density at radius 2 is 2.32 bits per heavy atom. The van der Waals surface area contributed by atoms with Crippen LogP contribution in [-0.4, -0.2) is 36.1 Å². The van der Waals surface area contributed by atoms with Gasteiger partial charge >= 0.3 is 0 Å². The fraction of sp³-hybridized carbons (Fsp3) is 0.417. The van der Waals surface area contributed by atoms with Gasteiger partial charge in [0.1, 0.15) is 10.5 Å². The number of nitrogens with zero attached hydrogens (tertiary/aromatic N) is 1. The van der Waals surface area contributed by atoms with Gasteiger partial charge in [-0.05, 0) is 25.0 Å². The number of hydrogen-bond acceptors (Lipinski definition) is 4. The molecule has 0 saturated heterocycles. The topological polar surface area (TPSA) is 95.1 Å². The number of sulfonamides is 1. The third-order valence-electron chi connectivity index (χ3n) is 2.99. The first kappa shape index (κ1) is 14.0. The molecule has 2 aromatic heterocycles. The van der Waals surface area contributed by atoms with Crippen molar-refractivity contribution in [1.29, 1.82) is 0 Å². The third kappa shape index (κ3) is 2.94. The molecule has 7 heteroatoms. The predicted molar refractivity (Wildman–Crippen MR) is 72.2 cm³/mol. The average Bonchev–Trinajstić information content (AvgIpc) is 2.82. The lowest BCUT2D eigenvalue weighted by molar-refractivity contribution is 0.270. The summed E-state index contributed by atoms with van der Waals surface area (Å²) in [6.45, 7) is 1.83. The van der Waals surface area contributed by atoms with Crippen LogP contribution in [0.1, 0.15) is 19.8 Å². The number of fused-ring (bicyclic) bond motifs is 1. The predicted octanol–water partition coefficient (Wildman–Crippen LogP) is 1.00. The molecule has 0 spiro atoms. The normalized spacial score (nSPS) is 13.8. The minimum atomic E-state index is -3.61. The van der Waals surface area contributed by atoms with Crippen molar-refractivity contribution in [3.63, 3.8) is 0 Å². The number of rotatable bonds is 6. The highest BCUT2D eigenvalue weighted by molar-refractivity contribution is 7.89. The molecule has 0 saturated carbocycles. The summed E-state index contributed by atoms with van der Waals surface area (Å²) in [5, 5.41) is 9.48. The van der Waals surface area contributed by atoms with Crippen LogP contribution in [0.5, 0.6) is 0 Å². The molecule has 6 nitrogen and oxygen atoms in total. The Morgan fingerprint density at radius 3 is 3.00 bits per heavy atom. The minimum absolute atomic E-state index is 0.0452. The summed E-state index contributed by atoms with van der Waals surface area (Å²) in [6, 6.07) is 3.14. The molecule has 0 aliphatic rings. The van der Waals surface area contributed by atoms with Crippen molar-refractivity contribution in [2.75, 3.05) is 6.61 Å². The number of hydrogen-bond donors (Lipinski definition) is 3. The smallest absolute Gasteiger partial charge is 0.243 e. The van der Waals surface area contributed by atoms with Gasteiger partial charge in [-0.2, -0.15) is 0 Å². The fourth-order valence-electron chi connectivity index (χ4n) is 1.94. The quantitative estimate of drug-likeness (QED) is 0.737. The molecule has 3 N–H and O–H groups in total. The van der Waals surface area contributed by atoms with Crippen LogP contribution in [0, 0.1) is 0 Å². The summed E-state index contributed by atoms with van der Waals surface area (Å²) in [5.74, 6) is 0. The van der Waals surface area contributed by atoms with Gasteiger partial charge in [0.15, 0.2) is 0 Å². The number of pyridine rings is 1. The van der Waals surface area contributed by atoms with Crippen molar-refractivity contribution < 1.29 is 13.5 Å². The largest absolute Gasteiger partial charge is 0.396 e. The van der Waals surface area contributed by atoms with Gasteiger partial charge in [-0.25, -0.2) is 18.1 Å². The molecule has 0 bridgehead atoms. The fourth-order valence-corrected chi connectivity index (χ4v) is 3.46. The zero-order valence-corrected chi connectivity index (χ0v) is 11.4. The summed E-state index contributed by atoms with van der Waals surface area (Å²) >= 11 is 0. The maximum atomic E-state index is 12.3. The molecule has 0 amide bonds. The van der Waals surface area contributed by atoms with Gasteiger partial charge in [0, 0.05) is 30.4 Å². The summed E-state index contributed by atoms with van der Waals surface area (Å²) in [4.78, 5) is 7.09. The summed E-state index contributed by atoms with van der Waals surface area (Å²) in [5.41, 5.74) is 0.540. The number of aliphatic hydroxyl groups excluding tert-OH is 1. The Balaban J connectivity index is 2.34. The van der Waals surface area contributed by atoms with E-state index >= 15 is 0 Å². The standard InChI is InChI=1S/C12H17N3O3S/c1-2-9(5-7-16)15-19(17,18)11-8-14-12-10(11)4-3-6-13-12/h3-4,6,8-9,15-16H,2,5,7H2,1H3,(H,13,14). The van der Waals surface area contributed by atoms with Gasteiger partial charge in [0.2, 0.25) is 10.0 Å². The molecule has 2 rings (SSSR count). The molecule has 0 aliphatic heterocycles. The first-order chi connectivity index (χ1) is 9.08. The Bertz CT molecular complexity index is 651. The lowest BCUT2D eigenvalue weighted by atomic mass is 10.2. The molecule has 104 valence electrons. The second-order valence-electron chi connectivity index (χ2n) is 4.29. The molecule has 1 atom stereocenters. The van der Waals surface area contributed by atoms with Crippen molar-refractivity contribution in [2.45, 2.75) is 30.7 Å². The molecule has 0 radical (unpaired) electrons. The molecule has 19 heavy (non-hydrogen) atoms. The van der Waals surface area contributed by atoms with E-state index in [1.54, 1.807) is 18.3 Å². The van der Waals surface area contributed by atoms with E-state index in [-0.39, 0.29) is 17.5 Å². The highest BCUT2D eigenvalue weighted by atomic mass is 32.2. The summed E-state index contributed by atoms with van der Waals surface area (Å²) < 4.78 is 27.2. The van der Waals surface area contributed by atoms with Crippen LogP contribution in [0.3, 0.4) is 0 Å². The number of aliphatic hydroxyl groups is 1. The van der Waals surface area contributed by atoms with Crippen LogP contribution in [0.25, 0.3) is 11.0 Å². The van der Waals surface area contributed by atoms with Crippen molar-refractivity contribution in [1.82, 2.24) is 14.7 Å². The zero-order valence-electron chi connectivity index (χ0n) is 10.6. The van der Waals surface area contributed by atoms with E-state index in [4.69, 9.17) is 5.11 Å². The highest BCUT2D eigenvalue weighted by Gasteiger charge is 2.22. The molecule has 0 aliphatic carbocycles. The average molecular weight is 283 g/mol. The van der Waals surface area contributed by atoms with Gasteiger partial charge in [0.05, 0.1) is 0 Å². The molecule has 2 heterocycles. The van der Waals surface area contributed by atoms with E-state index in [0.717, 1.165) is 0 Å². The first-order valence-corrected chi connectivity index (χ1v) is 7.62. The van der Waals surface area contributed by atoms with Gasteiger partial charge in [0.25, 0.3) is 0 Å². The maximum absolute atomic E-state index is 12.3. The van der Waals surface area contributed by atoms with E-state index in [1.165, 1.54) is 6.20 Å². The summed E-state index contributed by atoms with van der Waals surface area (Å²) in [6.07, 6.45) is 4.06. The van der Waals surface area contributed by atoms with Crippen LogP contribution < -0.4 is 4.72 Å².